The number of hydrogen-bond donors (Lipinski definition) is 3. The van der Waals surface area contributed by atoms with Crippen LogP contribution in [-0.2, 0) is 0 Å². The molecule has 3 aromatic rings. The maximum Gasteiger partial charge on any atom is 0.273 e. The van der Waals surface area contributed by atoms with Gasteiger partial charge in [-0.2, -0.15) is 5.10 Å². The summed E-state index contributed by atoms with van der Waals surface area (Å²) < 4.78 is 0. The summed E-state index contributed by atoms with van der Waals surface area (Å²) in [4.78, 5) is 27.1. The van der Waals surface area contributed by atoms with Crippen LogP contribution in [0, 0.1) is 0 Å². The second kappa shape index (κ2) is 6.10. The Balaban J connectivity index is 1.74. The van der Waals surface area contributed by atoms with E-state index < -0.39 is 5.91 Å². The van der Waals surface area contributed by atoms with Gasteiger partial charge in [-0.05, 0) is 42.5 Å². The Labute approximate surface area is 131 Å². The minimum absolute atomic E-state index is 0.329. The standard InChI is InChI=1S/C16H13N5O2/c17-15(22)11-1-3-12(4-2-11)19-16(23)14-9-13(20-21-14)10-5-7-18-8-6-10/h1-9H,(H2,17,22)(H,19,23)(H,20,21). The lowest BCUT2D eigenvalue weighted by atomic mass is 10.2. The van der Waals surface area contributed by atoms with E-state index in [-0.39, 0.29) is 5.91 Å². The van der Waals surface area contributed by atoms with Crippen LogP contribution in [0.3, 0.4) is 0 Å². The summed E-state index contributed by atoms with van der Waals surface area (Å²) >= 11 is 0. The number of rotatable bonds is 4. The molecule has 0 aliphatic carbocycles. The van der Waals surface area contributed by atoms with Crippen molar-refractivity contribution in [2.75, 3.05) is 5.32 Å². The Hall–Kier alpha value is -3.48. The summed E-state index contributed by atoms with van der Waals surface area (Å²) in [6.07, 6.45) is 3.31. The van der Waals surface area contributed by atoms with E-state index in [0.717, 1.165) is 5.56 Å². The topological polar surface area (TPSA) is 114 Å². The number of aromatic amines is 1. The van der Waals surface area contributed by atoms with Gasteiger partial charge in [0, 0.05) is 29.2 Å². The summed E-state index contributed by atoms with van der Waals surface area (Å²) in [6, 6.07) is 11.6. The van der Waals surface area contributed by atoms with Gasteiger partial charge in [0.2, 0.25) is 5.91 Å². The third-order valence-corrected chi connectivity index (χ3v) is 3.23. The van der Waals surface area contributed by atoms with Gasteiger partial charge in [0.05, 0.1) is 5.69 Å². The number of carbonyl (C=O) groups is 2. The molecule has 0 aliphatic rings. The Morgan fingerprint density at radius 1 is 1.04 bits per heavy atom. The van der Waals surface area contributed by atoms with Crippen molar-refractivity contribution in [2.24, 2.45) is 5.73 Å². The van der Waals surface area contributed by atoms with Gasteiger partial charge < -0.3 is 11.1 Å². The second-order valence-corrected chi connectivity index (χ2v) is 4.80. The summed E-state index contributed by atoms with van der Waals surface area (Å²) in [5, 5.41) is 9.52. The van der Waals surface area contributed by atoms with Crippen LogP contribution in [0.5, 0.6) is 0 Å². The highest BCUT2D eigenvalue weighted by Gasteiger charge is 2.11. The fraction of sp³-hybridized carbons (Fsp3) is 0. The average molecular weight is 307 g/mol. The van der Waals surface area contributed by atoms with Crippen LogP contribution in [-0.4, -0.2) is 27.0 Å². The van der Waals surface area contributed by atoms with Gasteiger partial charge >= 0.3 is 0 Å². The number of nitrogens with two attached hydrogens (primary N) is 1. The molecule has 0 fully saturated rings. The number of aromatic nitrogens is 3. The number of H-pyrrole nitrogens is 1. The number of benzene rings is 1. The van der Waals surface area contributed by atoms with Gasteiger partial charge in [-0.3, -0.25) is 19.7 Å². The first-order chi connectivity index (χ1) is 11.1. The zero-order chi connectivity index (χ0) is 16.2. The largest absolute Gasteiger partial charge is 0.366 e. The van der Waals surface area contributed by atoms with E-state index in [9.17, 15) is 9.59 Å². The zero-order valence-electron chi connectivity index (χ0n) is 12.0. The molecule has 0 unspecified atom stereocenters. The number of hydrogen-bond acceptors (Lipinski definition) is 4. The molecule has 0 atom stereocenters. The third-order valence-electron chi connectivity index (χ3n) is 3.23. The van der Waals surface area contributed by atoms with Crippen LogP contribution in [0.1, 0.15) is 20.8 Å². The SMILES string of the molecule is NC(=O)c1ccc(NC(=O)c2cc(-c3ccncc3)n[nH]2)cc1. The Morgan fingerprint density at radius 2 is 1.74 bits per heavy atom. The van der Waals surface area contributed by atoms with Crippen molar-refractivity contribution in [3.63, 3.8) is 0 Å². The first-order valence-corrected chi connectivity index (χ1v) is 6.80. The maximum absolute atomic E-state index is 12.2. The highest BCUT2D eigenvalue weighted by molar-refractivity contribution is 6.03. The molecular formula is C16H13N5O2. The van der Waals surface area contributed by atoms with Crippen LogP contribution in [0.15, 0.2) is 54.9 Å². The summed E-state index contributed by atoms with van der Waals surface area (Å²) in [6.45, 7) is 0. The number of nitrogens with zero attached hydrogens (tertiary/aromatic N) is 2. The number of nitrogens with one attached hydrogen (secondary N) is 2. The average Bonchev–Trinajstić information content (AvgIpc) is 3.06. The number of pyridine rings is 1. The number of amides is 2. The molecular weight excluding hydrogens is 294 g/mol. The molecule has 2 aromatic heterocycles. The van der Waals surface area contributed by atoms with Crippen molar-refractivity contribution in [2.45, 2.75) is 0 Å². The summed E-state index contributed by atoms with van der Waals surface area (Å²) in [5.41, 5.74) is 7.95. The maximum atomic E-state index is 12.2. The molecule has 0 bridgehead atoms. The molecule has 0 saturated carbocycles. The van der Waals surface area contributed by atoms with E-state index >= 15 is 0 Å². The zero-order valence-corrected chi connectivity index (χ0v) is 12.0. The molecule has 2 heterocycles. The third kappa shape index (κ3) is 3.24. The van der Waals surface area contributed by atoms with Crippen LogP contribution in [0.4, 0.5) is 5.69 Å². The van der Waals surface area contributed by atoms with Gasteiger partial charge in [0.15, 0.2) is 0 Å². The first-order valence-electron chi connectivity index (χ1n) is 6.80. The summed E-state index contributed by atoms with van der Waals surface area (Å²) in [7, 11) is 0. The highest BCUT2D eigenvalue weighted by atomic mass is 16.2. The smallest absolute Gasteiger partial charge is 0.273 e. The number of primary amides is 1. The molecule has 3 rings (SSSR count). The van der Waals surface area contributed by atoms with E-state index in [1.807, 2.05) is 0 Å². The van der Waals surface area contributed by atoms with Crippen LogP contribution in [0.2, 0.25) is 0 Å². The molecule has 4 N–H and O–H groups in total. The predicted molar refractivity (Wildman–Crippen MR) is 84.7 cm³/mol. The fourth-order valence-corrected chi connectivity index (χ4v) is 2.02. The molecule has 2 amide bonds. The minimum atomic E-state index is -0.515. The van der Waals surface area contributed by atoms with Crippen molar-refractivity contribution in [3.8, 4) is 11.3 Å². The van der Waals surface area contributed by atoms with Crippen LogP contribution >= 0.6 is 0 Å². The van der Waals surface area contributed by atoms with Crippen LogP contribution in [0.25, 0.3) is 11.3 Å². The molecule has 0 aliphatic heterocycles. The molecule has 7 heteroatoms. The second-order valence-electron chi connectivity index (χ2n) is 4.80. The van der Waals surface area contributed by atoms with Gasteiger partial charge in [-0.15, -0.1) is 0 Å². The lowest BCUT2D eigenvalue weighted by Gasteiger charge is -2.03. The Bertz CT molecular complexity index is 840. The Kier molecular flexibility index (Phi) is 3.84. The van der Waals surface area contributed by atoms with Crippen molar-refractivity contribution in [1.29, 1.82) is 0 Å². The first kappa shape index (κ1) is 14.5. The molecule has 0 radical (unpaired) electrons. The van der Waals surface area contributed by atoms with E-state index in [2.05, 4.69) is 20.5 Å². The summed E-state index contributed by atoms with van der Waals surface area (Å²) in [5.74, 6) is -0.844. The van der Waals surface area contributed by atoms with Gasteiger partial charge in [-0.25, -0.2) is 0 Å². The molecule has 7 nitrogen and oxygen atoms in total. The monoisotopic (exact) mass is 307 g/mol. The van der Waals surface area contributed by atoms with Gasteiger partial charge in [0.25, 0.3) is 5.91 Å². The van der Waals surface area contributed by atoms with E-state index in [4.69, 9.17) is 5.73 Å². The number of anilines is 1. The number of carbonyl (C=O) groups excluding carboxylic acids is 2. The van der Waals surface area contributed by atoms with Crippen molar-refractivity contribution in [3.05, 3.63) is 66.1 Å². The lowest BCUT2D eigenvalue weighted by Crippen LogP contribution is -2.13. The lowest BCUT2D eigenvalue weighted by molar-refractivity contribution is 0.0998. The van der Waals surface area contributed by atoms with E-state index in [1.165, 1.54) is 0 Å². The Morgan fingerprint density at radius 3 is 2.39 bits per heavy atom. The van der Waals surface area contributed by atoms with E-state index in [0.29, 0.717) is 22.6 Å². The normalized spacial score (nSPS) is 10.3. The molecule has 1 aromatic carbocycles. The molecule has 114 valence electrons. The van der Waals surface area contributed by atoms with E-state index in [1.54, 1.807) is 54.9 Å². The van der Waals surface area contributed by atoms with Crippen LogP contribution < -0.4 is 11.1 Å². The molecule has 0 spiro atoms. The highest BCUT2D eigenvalue weighted by Crippen LogP contribution is 2.17. The quantitative estimate of drug-likeness (QED) is 0.682. The predicted octanol–water partition coefficient (Wildman–Crippen LogP) is 1.82. The van der Waals surface area contributed by atoms with Crippen molar-refractivity contribution in [1.82, 2.24) is 15.2 Å². The van der Waals surface area contributed by atoms with Crippen molar-refractivity contribution < 1.29 is 9.59 Å². The molecule has 0 saturated heterocycles. The molecule has 23 heavy (non-hydrogen) atoms. The van der Waals surface area contributed by atoms with Gasteiger partial charge in [0.1, 0.15) is 5.69 Å². The fourth-order valence-electron chi connectivity index (χ4n) is 2.02. The van der Waals surface area contributed by atoms with Gasteiger partial charge in [-0.1, -0.05) is 0 Å². The minimum Gasteiger partial charge on any atom is -0.366 e. The van der Waals surface area contributed by atoms with Crippen molar-refractivity contribution >= 4 is 17.5 Å².